The van der Waals surface area contributed by atoms with Gasteiger partial charge in [-0.15, -0.1) is 0 Å². The van der Waals surface area contributed by atoms with Gasteiger partial charge in [-0.3, -0.25) is 4.90 Å². The zero-order valence-electron chi connectivity index (χ0n) is 9.23. The molecule has 3 nitrogen and oxygen atoms in total. The molecule has 0 bridgehead atoms. The van der Waals surface area contributed by atoms with Crippen molar-refractivity contribution in [1.82, 2.24) is 10.2 Å². The summed E-state index contributed by atoms with van der Waals surface area (Å²) in [5.74, 6) is 0. The topological polar surface area (TPSA) is 41.3 Å². The molecule has 1 aliphatic rings. The van der Waals surface area contributed by atoms with Crippen LogP contribution in [0.3, 0.4) is 0 Å². The van der Waals surface area contributed by atoms with Crippen molar-refractivity contribution in [3.8, 4) is 0 Å². The lowest BCUT2D eigenvalue weighted by Crippen LogP contribution is -2.40. The Morgan fingerprint density at radius 1 is 1.44 bits per heavy atom. The van der Waals surface area contributed by atoms with Crippen LogP contribution in [0.5, 0.6) is 0 Å². The molecule has 1 aliphatic heterocycles. The number of nitrogens with one attached hydrogen (secondary N) is 1. The van der Waals surface area contributed by atoms with Crippen molar-refractivity contribution in [1.29, 1.82) is 0 Å². The summed E-state index contributed by atoms with van der Waals surface area (Å²) in [5, 5.41) is 3.53. The highest BCUT2D eigenvalue weighted by Crippen LogP contribution is 2.13. The van der Waals surface area contributed by atoms with Crippen LogP contribution in [0, 0.1) is 0 Å². The maximum Gasteiger partial charge on any atom is 0.163 e. The molecule has 4 heteroatoms. The Labute approximate surface area is 102 Å². The lowest BCUT2D eigenvalue weighted by atomic mass is 10.2. The van der Waals surface area contributed by atoms with Gasteiger partial charge in [0.05, 0.1) is 0 Å². The van der Waals surface area contributed by atoms with Crippen LogP contribution in [0.1, 0.15) is 12.0 Å². The van der Waals surface area contributed by atoms with Gasteiger partial charge in [0, 0.05) is 25.7 Å². The van der Waals surface area contributed by atoms with E-state index in [1.165, 1.54) is 5.56 Å². The maximum absolute atomic E-state index is 5.47. The summed E-state index contributed by atoms with van der Waals surface area (Å²) >= 11 is 4.85. The Morgan fingerprint density at radius 3 is 2.88 bits per heavy atom. The predicted molar refractivity (Wildman–Crippen MR) is 70.0 cm³/mol. The Morgan fingerprint density at radius 2 is 2.19 bits per heavy atom. The molecule has 1 aromatic carbocycles. The Bertz CT molecular complexity index is 353. The van der Waals surface area contributed by atoms with Gasteiger partial charge >= 0.3 is 0 Å². The molecular weight excluding hydrogens is 218 g/mol. The van der Waals surface area contributed by atoms with Gasteiger partial charge in [-0.1, -0.05) is 30.3 Å². The van der Waals surface area contributed by atoms with Crippen molar-refractivity contribution in [3.63, 3.8) is 0 Å². The number of hydrogen-bond acceptors (Lipinski definition) is 2. The standard InChI is InChI=1S/C12H17N3S/c13-12(16)14-11-6-7-15(9-11)8-10-4-2-1-3-5-10/h1-5,11H,6-9H2,(H3,13,14,16). The average molecular weight is 235 g/mol. The Kier molecular flexibility index (Phi) is 3.74. The van der Waals surface area contributed by atoms with Crippen LogP contribution in [-0.2, 0) is 6.54 Å². The van der Waals surface area contributed by atoms with Crippen molar-refractivity contribution < 1.29 is 0 Å². The second-order valence-corrected chi connectivity index (χ2v) is 4.65. The van der Waals surface area contributed by atoms with E-state index in [0.29, 0.717) is 11.2 Å². The molecule has 86 valence electrons. The van der Waals surface area contributed by atoms with Gasteiger partial charge in [0.25, 0.3) is 0 Å². The second-order valence-electron chi connectivity index (χ2n) is 4.21. The molecule has 1 saturated heterocycles. The van der Waals surface area contributed by atoms with E-state index in [0.717, 1.165) is 26.1 Å². The number of nitrogens with two attached hydrogens (primary N) is 1. The van der Waals surface area contributed by atoms with E-state index in [4.69, 9.17) is 18.0 Å². The molecule has 0 amide bonds. The SMILES string of the molecule is NC(=S)NC1CCN(Cc2ccccc2)C1. The second kappa shape index (κ2) is 5.27. The fourth-order valence-corrected chi connectivity index (χ4v) is 2.30. The molecule has 0 spiro atoms. The lowest BCUT2D eigenvalue weighted by Gasteiger charge is -2.16. The molecule has 0 aromatic heterocycles. The zero-order valence-corrected chi connectivity index (χ0v) is 10.0. The third kappa shape index (κ3) is 3.18. The van der Waals surface area contributed by atoms with E-state index in [-0.39, 0.29) is 0 Å². The van der Waals surface area contributed by atoms with Crippen molar-refractivity contribution in [2.24, 2.45) is 5.73 Å². The van der Waals surface area contributed by atoms with Gasteiger partial charge < -0.3 is 11.1 Å². The number of thiocarbonyl (C=S) groups is 1. The zero-order chi connectivity index (χ0) is 11.4. The molecule has 0 radical (unpaired) electrons. The number of benzene rings is 1. The number of rotatable bonds is 3. The lowest BCUT2D eigenvalue weighted by molar-refractivity contribution is 0.324. The van der Waals surface area contributed by atoms with E-state index >= 15 is 0 Å². The first kappa shape index (κ1) is 11.4. The van der Waals surface area contributed by atoms with Crippen LogP contribution in [-0.4, -0.2) is 29.1 Å². The molecule has 3 N–H and O–H groups in total. The highest BCUT2D eigenvalue weighted by molar-refractivity contribution is 7.80. The summed E-state index contributed by atoms with van der Waals surface area (Å²) in [7, 11) is 0. The average Bonchev–Trinajstić information content (AvgIpc) is 2.66. The Balaban J connectivity index is 1.83. The van der Waals surface area contributed by atoms with Crippen LogP contribution in [0.4, 0.5) is 0 Å². The third-order valence-electron chi connectivity index (χ3n) is 2.87. The fourth-order valence-electron chi connectivity index (χ4n) is 2.14. The number of nitrogens with zero attached hydrogens (tertiary/aromatic N) is 1. The first-order valence-corrected chi connectivity index (χ1v) is 5.97. The van der Waals surface area contributed by atoms with Gasteiger partial charge in [-0.25, -0.2) is 0 Å². The molecule has 16 heavy (non-hydrogen) atoms. The van der Waals surface area contributed by atoms with Crippen LogP contribution in [0.2, 0.25) is 0 Å². The molecule has 1 aromatic rings. The minimum absolute atomic E-state index is 0.409. The van der Waals surface area contributed by atoms with Gasteiger partial charge in [-0.2, -0.15) is 0 Å². The largest absolute Gasteiger partial charge is 0.376 e. The molecule has 1 fully saturated rings. The van der Waals surface area contributed by atoms with Crippen LogP contribution in [0.15, 0.2) is 30.3 Å². The van der Waals surface area contributed by atoms with Crippen LogP contribution >= 0.6 is 12.2 Å². The summed E-state index contributed by atoms with van der Waals surface area (Å²) in [6, 6.07) is 10.9. The highest BCUT2D eigenvalue weighted by atomic mass is 32.1. The van der Waals surface area contributed by atoms with E-state index in [1.807, 2.05) is 6.07 Å². The third-order valence-corrected chi connectivity index (χ3v) is 2.99. The molecule has 2 rings (SSSR count). The normalized spacial score (nSPS) is 20.9. The number of likely N-dealkylation sites (tertiary alicyclic amines) is 1. The summed E-state index contributed by atoms with van der Waals surface area (Å²) in [6.45, 7) is 3.14. The van der Waals surface area contributed by atoms with Crippen molar-refractivity contribution in [2.75, 3.05) is 13.1 Å². The van der Waals surface area contributed by atoms with Crippen molar-refractivity contribution >= 4 is 17.3 Å². The van der Waals surface area contributed by atoms with E-state index in [9.17, 15) is 0 Å². The molecule has 0 aliphatic carbocycles. The molecular formula is C12H17N3S. The first-order chi connectivity index (χ1) is 7.74. The van der Waals surface area contributed by atoms with Crippen LogP contribution < -0.4 is 11.1 Å². The van der Waals surface area contributed by atoms with Gasteiger partial charge in [0.2, 0.25) is 0 Å². The predicted octanol–water partition coefficient (Wildman–Crippen LogP) is 1.09. The quantitative estimate of drug-likeness (QED) is 0.770. The fraction of sp³-hybridized carbons (Fsp3) is 0.417. The van der Waals surface area contributed by atoms with Crippen molar-refractivity contribution in [3.05, 3.63) is 35.9 Å². The van der Waals surface area contributed by atoms with E-state index < -0.39 is 0 Å². The van der Waals surface area contributed by atoms with E-state index in [1.54, 1.807) is 0 Å². The Hall–Kier alpha value is -1.13. The smallest absolute Gasteiger partial charge is 0.163 e. The molecule has 1 atom stereocenters. The minimum Gasteiger partial charge on any atom is -0.376 e. The highest BCUT2D eigenvalue weighted by Gasteiger charge is 2.22. The molecule has 1 heterocycles. The minimum atomic E-state index is 0.409. The van der Waals surface area contributed by atoms with Gasteiger partial charge in [-0.05, 0) is 24.2 Å². The first-order valence-electron chi connectivity index (χ1n) is 5.56. The summed E-state index contributed by atoms with van der Waals surface area (Å²) in [4.78, 5) is 2.42. The number of hydrogen-bond donors (Lipinski definition) is 2. The van der Waals surface area contributed by atoms with Crippen molar-refractivity contribution in [2.45, 2.75) is 19.0 Å². The van der Waals surface area contributed by atoms with E-state index in [2.05, 4.69) is 34.5 Å². The monoisotopic (exact) mass is 235 g/mol. The van der Waals surface area contributed by atoms with Gasteiger partial charge in [0.1, 0.15) is 0 Å². The summed E-state index contributed by atoms with van der Waals surface area (Å²) in [5.41, 5.74) is 6.83. The molecule has 0 saturated carbocycles. The summed E-state index contributed by atoms with van der Waals surface area (Å²) < 4.78 is 0. The maximum atomic E-state index is 5.47. The summed E-state index contributed by atoms with van der Waals surface area (Å²) in [6.07, 6.45) is 1.12. The molecule has 1 unspecified atom stereocenters. The van der Waals surface area contributed by atoms with Crippen LogP contribution in [0.25, 0.3) is 0 Å². The van der Waals surface area contributed by atoms with Gasteiger partial charge in [0.15, 0.2) is 5.11 Å².